The molecule has 1 N–H and O–H groups in total. The van der Waals surface area contributed by atoms with Gasteiger partial charge < -0.3 is 5.32 Å². The van der Waals surface area contributed by atoms with E-state index in [0.717, 1.165) is 31.7 Å². The van der Waals surface area contributed by atoms with E-state index in [1.807, 2.05) is 19.1 Å². The molecule has 0 spiro atoms. The Kier molecular flexibility index (Phi) is 6.98. The second-order valence-corrected chi connectivity index (χ2v) is 8.12. The van der Waals surface area contributed by atoms with Gasteiger partial charge in [0.25, 0.3) is 0 Å². The molecule has 0 radical (unpaired) electrons. The maximum absolute atomic E-state index is 12.2. The summed E-state index contributed by atoms with van der Waals surface area (Å²) in [6, 6.07) is 4.33. The third-order valence-electron chi connectivity index (χ3n) is 4.47. The highest BCUT2D eigenvalue weighted by Crippen LogP contribution is 2.28. The van der Waals surface area contributed by atoms with Crippen molar-refractivity contribution in [3.05, 3.63) is 23.9 Å². The van der Waals surface area contributed by atoms with E-state index >= 15 is 0 Å². The zero-order valence-electron chi connectivity index (χ0n) is 14.7. The first-order chi connectivity index (χ1) is 11.3. The van der Waals surface area contributed by atoms with E-state index in [9.17, 15) is 4.79 Å². The Morgan fingerprint density at radius 2 is 2.00 bits per heavy atom. The van der Waals surface area contributed by atoms with Crippen molar-refractivity contribution in [3.63, 3.8) is 0 Å². The fourth-order valence-electron chi connectivity index (χ4n) is 2.70. The summed E-state index contributed by atoms with van der Waals surface area (Å²) < 4.78 is -0.325. The molecule has 0 aromatic carbocycles. The number of carbonyl (C=O) groups is 1. The summed E-state index contributed by atoms with van der Waals surface area (Å²) in [5.41, 5.74) is 0.989. The molecular weight excluding hydrogens is 340 g/mol. The van der Waals surface area contributed by atoms with Gasteiger partial charge in [0.2, 0.25) is 5.91 Å². The SMILES string of the molecule is CC(C)N1CCN(CC(=O)Nc2ccc(C(C)(S)CS)cn2)CC1. The third kappa shape index (κ3) is 5.37. The van der Waals surface area contributed by atoms with E-state index < -0.39 is 0 Å². The number of nitrogens with one attached hydrogen (secondary N) is 1. The zero-order valence-corrected chi connectivity index (χ0v) is 16.5. The van der Waals surface area contributed by atoms with Crippen LogP contribution in [0.15, 0.2) is 18.3 Å². The average molecular weight is 369 g/mol. The van der Waals surface area contributed by atoms with Gasteiger partial charge in [-0.2, -0.15) is 25.3 Å². The molecule has 1 atom stereocenters. The molecule has 1 aliphatic rings. The number of aromatic nitrogens is 1. The number of pyridine rings is 1. The molecule has 0 aliphatic carbocycles. The minimum atomic E-state index is -0.325. The van der Waals surface area contributed by atoms with Crippen molar-refractivity contribution in [1.29, 1.82) is 0 Å². The van der Waals surface area contributed by atoms with Crippen molar-refractivity contribution in [2.75, 3.05) is 43.8 Å². The number of nitrogens with zero attached hydrogens (tertiary/aromatic N) is 3. The van der Waals surface area contributed by atoms with Gasteiger partial charge in [-0.15, -0.1) is 0 Å². The molecule has 1 unspecified atom stereocenters. The molecule has 134 valence electrons. The summed E-state index contributed by atoms with van der Waals surface area (Å²) in [7, 11) is 0. The summed E-state index contributed by atoms with van der Waals surface area (Å²) in [5, 5.41) is 2.87. The Bertz CT molecular complexity index is 540. The van der Waals surface area contributed by atoms with Gasteiger partial charge in [0.15, 0.2) is 0 Å². The number of thiol groups is 2. The second kappa shape index (κ2) is 8.56. The van der Waals surface area contributed by atoms with Crippen molar-refractivity contribution < 1.29 is 4.79 Å². The second-order valence-electron chi connectivity index (χ2n) is 6.82. The molecule has 0 saturated carbocycles. The highest BCUT2D eigenvalue weighted by Gasteiger charge is 2.22. The van der Waals surface area contributed by atoms with Gasteiger partial charge in [-0.3, -0.25) is 14.6 Å². The van der Waals surface area contributed by atoms with Gasteiger partial charge in [0, 0.05) is 48.9 Å². The van der Waals surface area contributed by atoms with Crippen LogP contribution < -0.4 is 5.32 Å². The Hall–Kier alpha value is -0.760. The molecule has 5 nitrogen and oxygen atoms in total. The van der Waals surface area contributed by atoms with Gasteiger partial charge >= 0.3 is 0 Å². The topological polar surface area (TPSA) is 48.5 Å². The van der Waals surface area contributed by atoms with Gasteiger partial charge in [0.1, 0.15) is 5.82 Å². The normalized spacial score (nSPS) is 19.2. The maximum Gasteiger partial charge on any atom is 0.239 e. The van der Waals surface area contributed by atoms with Gasteiger partial charge in [-0.1, -0.05) is 6.07 Å². The van der Waals surface area contributed by atoms with Crippen molar-refractivity contribution in [2.24, 2.45) is 0 Å². The third-order valence-corrected chi connectivity index (χ3v) is 5.76. The highest BCUT2D eigenvalue weighted by atomic mass is 32.1. The zero-order chi connectivity index (χ0) is 17.7. The van der Waals surface area contributed by atoms with Crippen molar-refractivity contribution in [1.82, 2.24) is 14.8 Å². The number of hydrogen-bond donors (Lipinski definition) is 3. The number of piperazine rings is 1. The lowest BCUT2D eigenvalue weighted by Gasteiger charge is -2.36. The number of hydrogen-bond acceptors (Lipinski definition) is 6. The lowest BCUT2D eigenvalue weighted by molar-refractivity contribution is -0.117. The number of carbonyl (C=O) groups excluding carboxylic acids is 1. The molecule has 1 aromatic heterocycles. The van der Waals surface area contributed by atoms with Crippen LogP contribution in [0.1, 0.15) is 26.3 Å². The van der Waals surface area contributed by atoms with E-state index in [4.69, 9.17) is 0 Å². The molecule has 2 rings (SSSR count). The van der Waals surface area contributed by atoms with E-state index in [2.05, 4.69) is 59.2 Å². The van der Waals surface area contributed by atoms with Crippen LogP contribution in [-0.4, -0.2) is 65.2 Å². The quantitative estimate of drug-likeness (QED) is 0.673. The smallest absolute Gasteiger partial charge is 0.239 e. The lowest BCUT2D eigenvalue weighted by Crippen LogP contribution is -2.50. The maximum atomic E-state index is 12.2. The minimum Gasteiger partial charge on any atom is -0.310 e. The fourth-order valence-corrected chi connectivity index (χ4v) is 3.02. The highest BCUT2D eigenvalue weighted by molar-refractivity contribution is 7.85. The van der Waals surface area contributed by atoms with Crippen LogP contribution in [0.2, 0.25) is 0 Å². The van der Waals surface area contributed by atoms with Gasteiger partial charge in [-0.05, 0) is 32.4 Å². The van der Waals surface area contributed by atoms with E-state index in [0.29, 0.717) is 24.2 Å². The molecule has 1 saturated heterocycles. The van der Waals surface area contributed by atoms with E-state index in [1.54, 1.807) is 6.20 Å². The Balaban J connectivity index is 1.83. The van der Waals surface area contributed by atoms with Crippen LogP contribution in [-0.2, 0) is 9.54 Å². The first-order valence-corrected chi connectivity index (χ1v) is 9.46. The van der Waals surface area contributed by atoms with Crippen molar-refractivity contribution in [2.45, 2.75) is 31.6 Å². The summed E-state index contributed by atoms with van der Waals surface area (Å²) in [6.45, 7) is 10.7. The van der Waals surface area contributed by atoms with Crippen LogP contribution >= 0.6 is 25.3 Å². The summed E-state index contributed by atoms with van der Waals surface area (Å²) >= 11 is 8.88. The summed E-state index contributed by atoms with van der Waals surface area (Å²) in [6.07, 6.45) is 1.75. The molecule has 24 heavy (non-hydrogen) atoms. The number of anilines is 1. The monoisotopic (exact) mass is 368 g/mol. The number of amides is 1. The molecular formula is C17H28N4OS2. The first kappa shape index (κ1) is 19.6. The summed E-state index contributed by atoms with van der Waals surface area (Å²) in [5.74, 6) is 1.18. The Labute approximate surface area is 156 Å². The minimum absolute atomic E-state index is 0.0175. The predicted octanol–water partition coefficient (Wildman–Crippen LogP) is 2.12. The first-order valence-electron chi connectivity index (χ1n) is 8.38. The molecule has 7 heteroatoms. The molecule has 1 aliphatic heterocycles. The fraction of sp³-hybridized carbons (Fsp3) is 0.647. The molecule has 1 fully saturated rings. The molecule has 1 aromatic rings. The van der Waals surface area contributed by atoms with E-state index in [1.165, 1.54) is 0 Å². The Morgan fingerprint density at radius 3 is 2.50 bits per heavy atom. The number of rotatable bonds is 6. The molecule has 2 heterocycles. The van der Waals surface area contributed by atoms with Crippen LogP contribution in [0.3, 0.4) is 0 Å². The van der Waals surface area contributed by atoms with E-state index in [-0.39, 0.29) is 10.7 Å². The standard InChI is InChI=1S/C17H28N4OS2/c1-13(2)21-8-6-20(7-9-21)11-16(22)19-15-5-4-14(10-18-15)17(3,24)12-23/h4-5,10,13,23-24H,6-9,11-12H2,1-3H3,(H,18,19,22). The molecule has 1 amide bonds. The van der Waals surface area contributed by atoms with Crippen molar-refractivity contribution >= 4 is 37.0 Å². The van der Waals surface area contributed by atoms with Crippen molar-refractivity contribution in [3.8, 4) is 0 Å². The van der Waals surface area contributed by atoms with Crippen LogP contribution in [0, 0.1) is 0 Å². The van der Waals surface area contributed by atoms with Crippen LogP contribution in [0.4, 0.5) is 5.82 Å². The lowest BCUT2D eigenvalue weighted by atomic mass is 10.0. The Morgan fingerprint density at radius 1 is 1.33 bits per heavy atom. The van der Waals surface area contributed by atoms with Crippen LogP contribution in [0.5, 0.6) is 0 Å². The summed E-state index contributed by atoms with van der Waals surface area (Å²) in [4.78, 5) is 21.1. The van der Waals surface area contributed by atoms with Crippen LogP contribution in [0.25, 0.3) is 0 Å². The van der Waals surface area contributed by atoms with Gasteiger partial charge in [0.05, 0.1) is 6.54 Å². The average Bonchev–Trinajstić information content (AvgIpc) is 2.55. The largest absolute Gasteiger partial charge is 0.310 e. The molecule has 0 bridgehead atoms. The predicted molar refractivity (Wildman–Crippen MR) is 106 cm³/mol. The van der Waals surface area contributed by atoms with Gasteiger partial charge in [-0.25, -0.2) is 4.98 Å².